The molecule has 0 unspecified atom stereocenters. The normalized spacial score (nSPS) is 12.3. The van der Waals surface area contributed by atoms with E-state index in [9.17, 15) is 17.6 Å². The monoisotopic (exact) mass is 384 g/mol. The number of rotatable bonds is 6. The van der Waals surface area contributed by atoms with Crippen molar-refractivity contribution in [2.45, 2.75) is 10.1 Å². The Kier molecular flexibility index (Phi) is 5.61. The van der Waals surface area contributed by atoms with Crippen molar-refractivity contribution in [3.8, 4) is 0 Å². The number of carbonyl (C=O) groups is 1. The molecule has 0 aliphatic carbocycles. The molecule has 1 N–H and O–H groups in total. The molecule has 0 saturated carbocycles. The van der Waals surface area contributed by atoms with E-state index in [4.69, 9.17) is 0 Å². The van der Waals surface area contributed by atoms with Gasteiger partial charge in [-0.1, -0.05) is 30.3 Å². The van der Waals surface area contributed by atoms with Gasteiger partial charge in [-0.2, -0.15) is 0 Å². The molecule has 0 aliphatic heterocycles. The number of hydrogen-bond acceptors (Lipinski definition) is 4. The summed E-state index contributed by atoms with van der Waals surface area (Å²) in [5.74, 6) is -1.09. The van der Waals surface area contributed by atoms with Crippen LogP contribution in [0.1, 0.15) is 21.2 Å². The maximum atomic E-state index is 13.3. The molecule has 27 heavy (non-hydrogen) atoms. The maximum Gasteiger partial charge on any atom is 0.251 e. The fourth-order valence-corrected chi connectivity index (χ4v) is 4.33. The number of pyridine rings is 1. The first-order valence-electron chi connectivity index (χ1n) is 8.21. The van der Waals surface area contributed by atoms with E-state index in [1.165, 1.54) is 36.5 Å². The first-order valence-corrected chi connectivity index (χ1v) is 9.76. The minimum absolute atomic E-state index is 0.122. The van der Waals surface area contributed by atoms with Crippen LogP contribution >= 0.6 is 0 Å². The van der Waals surface area contributed by atoms with Crippen molar-refractivity contribution in [1.29, 1.82) is 0 Å². The Labute approximate surface area is 156 Å². The van der Waals surface area contributed by atoms with Crippen LogP contribution in [0.2, 0.25) is 0 Å². The molecule has 2 aromatic carbocycles. The zero-order valence-corrected chi connectivity index (χ0v) is 15.1. The Morgan fingerprint density at radius 1 is 1.04 bits per heavy atom. The average Bonchev–Trinajstić information content (AvgIpc) is 2.69. The van der Waals surface area contributed by atoms with Crippen LogP contribution in [0.25, 0.3) is 0 Å². The third-order valence-corrected chi connectivity index (χ3v) is 6.15. The van der Waals surface area contributed by atoms with E-state index in [1.807, 2.05) is 0 Å². The maximum absolute atomic E-state index is 13.3. The molecular formula is C20H17FN2O3S. The minimum Gasteiger partial charge on any atom is -0.350 e. The number of nitrogens with one attached hydrogen (secondary N) is 1. The van der Waals surface area contributed by atoms with E-state index in [0.717, 1.165) is 6.07 Å². The highest BCUT2D eigenvalue weighted by atomic mass is 32.2. The lowest BCUT2D eigenvalue weighted by Crippen LogP contribution is -2.32. The van der Waals surface area contributed by atoms with Crippen molar-refractivity contribution in [2.75, 3.05) is 6.54 Å². The van der Waals surface area contributed by atoms with Crippen LogP contribution in [0, 0.1) is 5.82 Å². The summed E-state index contributed by atoms with van der Waals surface area (Å²) in [7, 11) is -3.77. The van der Waals surface area contributed by atoms with Gasteiger partial charge in [0.2, 0.25) is 0 Å². The number of nitrogens with zero attached hydrogens (tertiary/aromatic N) is 1. The third-order valence-electron chi connectivity index (χ3n) is 4.04. The summed E-state index contributed by atoms with van der Waals surface area (Å²) in [6.45, 7) is -0.168. The zero-order valence-electron chi connectivity index (χ0n) is 14.2. The molecule has 1 atom stereocenters. The number of benzene rings is 2. The lowest BCUT2D eigenvalue weighted by atomic mass is 10.2. The number of hydrogen-bond donors (Lipinski definition) is 1. The SMILES string of the molecule is O=C(NC[C@H](c1cccnc1)S(=O)(=O)c1ccccc1)c1cccc(F)c1. The summed E-state index contributed by atoms with van der Waals surface area (Å²) in [5.41, 5.74) is 0.581. The molecule has 3 rings (SSSR count). The van der Waals surface area contributed by atoms with E-state index in [-0.39, 0.29) is 17.0 Å². The lowest BCUT2D eigenvalue weighted by Gasteiger charge is -2.19. The van der Waals surface area contributed by atoms with E-state index in [1.54, 1.807) is 36.5 Å². The second kappa shape index (κ2) is 8.09. The molecule has 7 heteroatoms. The van der Waals surface area contributed by atoms with Crippen molar-refractivity contribution >= 4 is 15.7 Å². The summed E-state index contributed by atoms with van der Waals surface area (Å²) in [6.07, 6.45) is 3.00. The Bertz CT molecular complexity index is 1030. The van der Waals surface area contributed by atoms with Crippen LogP contribution in [0.3, 0.4) is 0 Å². The van der Waals surface area contributed by atoms with Crippen LogP contribution in [0.5, 0.6) is 0 Å². The average molecular weight is 384 g/mol. The minimum atomic E-state index is -3.77. The van der Waals surface area contributed by atoms with Crippen LogP contribution in [-0.2, 0) is 9.84 Å². The number of halogens is 1. The van der Waals surface area contributed by atoms with Crippen LogP contribution in [0.15, 0.2) is 84.0 Å². The summed E-state index contributed by atoms with van der Waals surface area (Å²) in [4.78, 5) is 16.4. The van der Waals surface area contributed by atoms with Gasteiger partial charge in [0.1, 0.15) is 11.1 Å². The van der Waals surface area contributed by atoms with Gasteiger partial charge < -0.3 is 5.32 Å². The summed E-state index contributed by atoms with van der Waals surface area (Å²) in [5, 5.41) is 1.57. The highest BCUT2D eigenvalue weighted by Crippen LogP contribution is 2.28. The van der Waals surface area contributed by atoms with Gasteiger partial charge in [0.05, 0.1) is 4.90 Å². The van der Waals surface area contributed by atoms with Gasteiger partial charge in [0.25, 0.3) is 5.91 Å². The summed E-state index contributed by atoms with van der Waals surface area (Å²) in [6, 6.07) is 16.5. The van der Waals surface area contributed by atoms with Crippen LogP contribution in [0.4, 0.5) is 4.39 Å². The summed E-state index contributed by atoms with van der Waals surface area (Å²) < 4.78 is 39.5. The molecule has 1 aromatic heterocycles. The summed E-state index contributed by atoms with van der Waals surface area (Å²) >= 11 is 0. The van der Waals surface area contributed by atoms with Gasteiger partial charge in [0, 0.05) is 24.5 Å². The number of aromatic nitrogens is 1. The van der Waals surface area contributed by atoms with Crippen molar-refractivity contribution in [2.24, 2.45) is 0 Å². The molecule has 0 bridgehead atoms. The second-order valence-electron chi connectivity index (χ2n) is 5.85. The van der Waals surface area contributed by atoms with Gasteiger partial charge in [-0.3, -0.25) is 9.78 Å². The first kappa shape index (κ1) is 18.7. The molecule has 3 aromatic rings. The van der Waals surface area contributed by atoms with E-state index in [0.29, 0.717) is 5.56 Å². The number of sulfone groups is 1. The predicted molar refractivity (Wildman–Crippen MR) is 99.3 cm³/mol. The van der Waals surface area contributed by atoms with Gasteiger partial charge >= 0.3 is 0 Å². The smallest absolute Gasteiger partial charge is 0.251 e. The Morgan fingerprint density at radius 3 is 2.48 bits per heavy atom. The van der Waals surface area contributed by atoms with Gasteiger partial charge in [0.15, 0.2) is 9.84 Å². The lowest BCUT2D eigenvalue weighted by molar-refractivity contribution is 0.0953. The Hall–Kier alpha value is -3.06. The van der Waals surface area contributed by atoms with Crippen molar-refractivity contribution < 1.29 is 17.6 Å². The fraction of sp³-hybridized carbons (Fsp3) is 0.100. The Balaban J connectivity index is 1.89. The molecule has 0 aliphatic rings. The first-order chi connectivity index (χ1) is 13.0. The molecule has 0 fully saturated rings. The van der Waals surface area contributed by atoms with Gasteiger partial charge in [-0.05, 0) is 42.0 Å². The zero-order chi connectivity index (χ0) is 19.3. The molecule has 0 spiro atoms. The number of carbonyl (C=O) groups excluding carboxylic acids is 1. The fourth-order valence-electron chi connectivity index (χ4n) is 2.66. The highest BCUT2D eigenvalue weighted by Gasteiger charge is 2.29. The molecule has 1 heterocycles. The van der Waals surface area contributed by atoms with Gasteiger partial charge in [-0.25, -0.2) is 12.8 Å². The molecule has 5 nitrogen and oxygen atoms in total. The van der Waals surface area contributed by atoms with E-state index >= 15 is 0 Å². The standard InChI is InChI=1S/C20H17FN2O3S/c21-17-8-4-6-15(12-17)20(24)23-14-19(16-7-5-11-22-13-16)27(25,26)18-9-2-1-3-10-18/h1-13,19H,14H2,(H,23,24)/t19-/m1/s1. The predicted octanol–water partition coefficient (Wildman–Crippen LogP) is 3.17. The van der Waals surface area contributed by atoms with Crippen molar-refractivity contribution in [3.05, 3.63) is 96.1 Å². The van der Waals surface area contributed by atoms with Crippen LogP contribution in [-0.4, -0.2) is 25.9 Å². The van der Waals surface area contributed by atoms with E-state index in [2.05, 4.69) is 10.3 Å². The van der Waals surface area contributed by atoms with Crippen LogP contribution < -0.4 is 5.32 Å². The van der Waals surface area contributed by atoms with Crippen molar-refractivity contribution in [3.63, 3.8) is 0 Å². The quantitative estimate of drug-likeness (QED) is 0.708. The second-order valence-corrected chi connectivity index (χ2v) is 7.98. The Morgan fingerprint density at radius 2 is 1.81 bits per heavy atom. The molecule has 0 saturated heterocycles. The topological polar surface area (TPSA) is 76.1 Å². The van der Waals surface area contributed by atoms with Gasteiger partial charge in [-0.15, -0.1) is 0 Å². The highest BCUT2D eigenvalue weighted by molar-refractivity contribution is 7.91. The third kappa shape index (κ3) is 4.38. The molecule has 1 amide bonds. The molecular weight excluding hydrogens is 367 g/mol. The largest absolute Gasteiger partial charge is 0.350 e. The molecule has 0 radical (unpaired) electrons. The molecule has 138 valence electrons. The number of amides is 1. The van der Waals surface area contributed by atoms with Crippen molar-refractivity contribution in [1.82, 2.24) is 10.3 Å². The van der Waals surface area contributed by atoms with E-state index < -0.39 is 26.8 Å².